The lowest BCUT2D eigenvalue weighted by molar-refractivity contribution is -0.146. The molecule has 0 aliphatic heterocycles. The van der Waals surface area contributed by atoms with Crippen molar-refractivity contribution in [1.82, 2.24) is 5.32 Å². The van der Waals surface area contributed by atoms with Crippen molar-refractivity contribution in [2.24, 2.45) is 17.8 Å². The van der Waals surface area contributed by atoms with Crippen LogP contribution in [0.2, 0.25) is 0 Å². The molecule has 2 rings (SSSR count). The number of benzene rings is 1. The van der Waals surface area contributed by atoms with Gasteiger partial charge < -0.3 is 10.4 Å². The second kappa shape index (κ2) is 6.56. The Morgan fingerprint density at radius 3 is 2.71 bits per heavy atom. The molecule has 6 heteroatoms. The lowest BCUT2D eigenvalue weighted by atomic mass is 9.95. The van der Waals surface area contributed by atoms with Gasteiger partial charge in [-0.3, -0.25) is 9.59 Å². The summed E-state index contributed by atoms with van der Waals surface area (Å²) in [7, 11) is 0. The van der Waals surface area contributed by atoms with Crippen molar-refractivity contribution in [3.8, 4) is 0 Å². The van der Waals surface area contributed by atoms with E-state index in [1.54, 1.807) is 6.07 Å². The maximum absolute atomic E-state index is 13.2. The lowest BCUT2D eigenvalue weighted by Gasteiger charge is -2.16. The van der Waals surface area contributed by atoms with Crippen LogP contribution in [-0.4, -0.2) is 17.0 Å². The van der Waals surface area contributed by atoms with Crippen LogP contribution in [0.3, 0.4) is 0 Å². The molecule has 114 valence electrons. The molecule has 0 spiro atoms. The highest BCUT2D eigenvalue weighted by molar-refractivity contribution is 9.10. The highest BCUT2D eigenvalue weighted by Gasteiger charge is 2.41. The molecule has 0 saturated heterocycles. The molecular weight excluding hydrogens is 341 g/mol. The Bertz CT molecular complexity index is 564. The van der Waals surface area contributed by atoms with E-state index < -0.39 is 17.8 Å². The highest BCUT2D eigenvalue weighted by atomic mass is 79.9. The molecule has 3 unspecified atom stereocenters. The van der Waals surface area contributed by atoms with E-state index >= 15 is 0 Å². The molecule has 1 aliphatic carbocycles. The number of carbonyl (C=O) groups excluding carboxylic acids is 1. The molecule has 4 nitrogen and oxygen atoms in total. The molecule has 2 N–H and O–H groups in total. The maximum atomic E-state index is 13.2. The van der Waals surface area contributed by atoms with E-state index in [1.807, 2.05) is 6.92 Å². The normalized spacial score (nSPS) is 24.8. The van der Waals surface area contributed by atoms with Crippen molar-refractivity contribution in [1.29, 1.82) is 0 Å². The van der Waals surface area contributed by atoms with Crippen molar-refractivity contribution in [2.45, 2.75) is 26.3 Å². The second-order valence-corrected chi connectivity index (χ2v) is 6.44. The number of hydrogen-bond acceptors (Lipinski definition) is 2. The van der Waals surface area contributed by atoms with Crippen LogP contribution >= 0.6 is 15.9 Å². The van der Waals surface area contributed by atoms with E-state index in [0.717, 1.165) is 0 Å². The van der Waals surface area contributed by atoms with Gasteiger partial charge >= 0.3 is 5.97 Å². The summed E-state index contributed by atoms with van der Waals surface area (Å²) < 4.78 is 13.9. The van der Waals surface area contributed by atoms with Crippen LogP contribution in [-0.2, 0) is 16.1 Å². The average Bonchev–Trinajstić information content (AvgIpc) is 2.82. The van der Waals surface area contributed by atoms with Gasteiger partial charge in [0.05, 0.1) is 11.8 Å². The van der Waals surface area contributed by atoms with Gasteiger partial charge in [0, 0.05) is 11.0 Å². The number of nitrogens with one attached hydrogen (secondary N) is 1. The number of hydrogen-bond donors (Lipinski definition) is 2. The molecule has 1 aromatic rings. The quantitative estimate of drug-likeness (QED) is 0.870. The Balaban J connectivity index is 2.01. The Hall–Kier alpha value is -1.43. The van der Waals surface area contributed by atoms with Gasteiger partial charge in [0.1, 0.15) is 5.82 Å². The van der Waals surface area contributed by atoms with Crippen molar-refractivity contribution >= 4 is 27.8 Å². The first-order valence-electron chi connectivity index (χ1n) is 6.83. The summed E-state index contributed by atoms with van der Waals surface area (Å²) in [6.07, 6.45) is 1.10. The molecule has 1 amide bonds. The largest absolute Gasteiger partial charge is 0.481 e. The van der Waals surface area contributed by atoms with Gasteiger partial charge in [-0.15, -0.1) is 0 Å². The van der Waals surface area contributed by atoms with Gasteiger partial charge in [0.15, 0.2) is 0 Å². The van der Waals surface area contributed by atoms with E-state index in [9.17, 15) is 19.1 Å². The monoisotopic (exact) mass is 357 g/mol. The fourth-order valence-corrected chi connectivity index (χ4v) is 3.23. The predicted molar refractivity (Wildman–Crippen MR) is 79.0 cm³/mol. The van der Waals surface area contributed by atoms with Gasteiger partial charge in [0.2, 0.25) is 5.91 Å². The number of aliphatic carboxylic acids is 1. The molecule has 0 radical (unpaired) electrons. The fraction of sp³-hybridized carbons (Fsp3) is 0.467. The number of carboxylic acids is 1. The van der Waals surface area contributed by atoms with E-state index in [0.29, 0.717) is 22.9 Å². The van der Waals surface area contributed by atoms with Crippen LogP contribution in [0.5, 0.6) is 0 Å². The van der Waals surface area contributed by atoms with E-state index in [1.165, 1.54) is 12.1 Å². The third-order valence-electron chi connectivity index (χ3n) is 3.91. The number of rotatable bonds is 4. The molecular formula is C15H17BrFNO3. The van der Waals surface area contributed by atoms with E-state index in [-0.39, 0.29) is 24.2 Å². The zero-order valence-electron chi connectivity index (χ0n) is 11.6. The van der Waals surface area contributed by atoms with Crippen LogP contribution in [0.15, 0.2) is 22.7 Å². The zero-order valence-corrected chi connectivity index (χ0v) is 13.2. The number of halogens is 2. The standard InChI is InChI=1S/C15H17BrFNO3/c1-8-4-11(12(5-8)15(20)21)14(19)18-7-9-6-10(17)2-3-13(9)16/h2-3,6,8,11-12H,4-5,7H2,1H3,(H,18,19)(H,20,21). The Morgan fingerprint density at radius 1 is 1.38 bits per heavy atom. The first-order chi connectivity index (χ1) is 9.88. The minimum atomic E-state index is -0.925. The third-order valence-corrected chi connectivity index (χ3v) is 4.69. The molecule has 3 atom stereocenters. The van der Waals surface area contributed by atoms with Gasteiger partial charge in [-0.1, -0.05) is 22.9 Å². The summed E-state index contributed by atoms with van der Waals surface area (Å²) in [6, 6.07) is 4.25. The molecule has 1 aliphatic rings. The maximum Gasteiger partial charge on any atom is 0.307 e. The Kier molecular flexibility index (Phi) is 4.98. The number of amides is 1. The van der Waals surface area contributed by atoms with Crippen molar-refractivity contribution in [3.63, 3.8) is 0 Å². The van der Waals surface area contributed by atoms with Crippen molar-refractivity contribution in [2.75, 3.05) is 0 Å². The third kappa shape index (κ3) is 3.81. The number of carboxylic acid groups (broad SMARTS) is 1. The minimum Gasteiger partial charge on any atom is -0.481 e. The lowest BCUT2D eigenvalue weighted by Crippen LogP contribution is -2.35. The van der Waals surface area contributed by atoms with Gasteiger partial charge in [-0.2, -0.15) is 0 Å². The van der Waals surface area contributed by atoms with E-state index in [2.05, 4.69) is 21.2 Å². The number of carbonyl (C=O) groups is 2. The fourth-order valence-electron chi connectivity index (χ4n) is 2.85. The van der Waals surface area contributed by atoms with Crippen molar-refractivity contribution < 1.29 is 19.1 Å². The van der Waals surface area contributed by atoms with Gasteiger partial charge in [-0.05, 0) is 42.5 Å². The molecule has 21 heavy (non-hydrogen) atoms. The summed E-state index contributed by atoms with van der Waals surface area (Å²) in [5.74, 6) is -2.49. The summed E-state index contributed by atoms with van der Waals surface area (Å²) in [5, 5.41) is 11.9. The van der Waals surface area contributed by atoms with Crippen molar-refractivity contribution in [3.05, 3.63) is 34.1 Å². The van der Waals surface area contributed by atoms with Crippen LogP contribution in [0.1, 0.15) is 25.3 Å². The predicted octanol–water partition coefficient (Wildman–Crippen LogP) is 2.95. The molecule has 0 aromatic heterocycles. The van der Waals surface area contributed by atoms with Crippen LogP contribution < -0.4 is 5.32 Å². The highest BCUT2D eigenvalue weighted by Crippen LogP contribution is 2.36. The average molecular weight is 358 g/mol. The first kappa shape index (κ1) is 15.9. The summed E-state index contributed by atoms with van der Waals surface area (Å²) in [4.78, 5) is 23.4. The SMILES string of the molecule is CC1CC(C(=O)O)C(C(=O)NCc2cc(F)ccc2Br)C1. The summed E-state index contributed by atoms with van der Waals surface area (Å²) in [6.45, 7) is 2.13. The van der Waals surface area contributed by atoms with Gasteiger partial charge in [0.25, 0.3) is 0 Å². The molecule has 0 heterocycles. The molecule has 1 fully saturated rings. The molecule has 1 aromatic carbocycles. The Labute approximate surface area is 130 Å². The minimum absolute atomic E-state index is 0.175. The zero-order chi connectivity index (χ0) is 15.6. The summed E-state index contributed by atoms with van der Waals surface area (Å²) in [5.41, 5.74) is 0.626. The van der Waals surface area contributed by atoms with Crippen LogP contribution in [0, 0.1) is 23.6 Å². The topological polar surface area (TPSA) is 66.4 Å². The molecule has 0 bridgehead atoms. The first-order valence-corrected chi connectivity index (χ1v) is 7.62. The van der Waals surface area contributed by atoms with Crippen LogP contribution in [0.4, 0.5) is 4.39 Å². The van der Waals surface area contributed by atoms with Gasteiger partial charge in [-0.25, -0.2) is 4.39 Å². The Morgan fingerprint density at radius 2 is 2.05 bits per heavy atom. The summed E-state index contributed by atoms with van der Waals surface area (Å²) >= 11 is 3.30. The second-order valence-electron chi connectivity index (χ2n) is 5.58. The smallest absolute Gasteiger partial charge is 0.307 e. The van der Waals surface area contributed by atoms with Crippen LogP contribution in [0.25, 0.3) is 0 Å². The van der Waals surface area contributed by atoms with E-state index in [4.69, 9.17) is 0 Å². The molecule has 1 saturated carbocycles.